The third kappa shape index (κ3) is 6.41. The van der Waals surface area contributed by atoms with E-state index in [-0.39, 0.29) is 5.91 Å². The number of carbonyl (C=O) groups is 1. The predicted octanol–water partition coefficient (Wildman–Crippen LogP) is 3.47. The van der Waals surface area contributed by atoms with Crippen molar-refractivity contribution >= 4 is 28.8 Å². The van der Waals surface area contributed by atoms with Crippen LogP contribution in [0.15, 0.2) is 12.1 Å². The lowest BCUT2D eigenvalue weighted by molar-refractivity contribution is -0.132. The van der Waals surface area contributed by atoms with Crippen molar-refractivity contribution in [2.75, 3.05) is 26.8 Å². The van der Waals surface area contributed by atoms with Crippen molar-refractivity contribution in [1.29, 1.82) is 0 Å². The van der Waals surface area contributed by atoms with Crippen LogP contribution in [0.4, 0.5) is 0 Å². The average Bonchev–Trinajstić information content (AvgIpc) is 2.77. The molecule has 0 unspecified atom stereocenters. The smallest absolute Gasteiger partial charge is 0.223 e. The summed E-state index contributed by atoms with van der Waals surface area (Å²) in [5.41, 5.74) is 0. The summed E-state index contributed by atoms with van der Waals surface area (Å²) in [5, 5.41) is 0. The van der Waals surface area contributed by atoms with Crippen LogP contribution in [0.5, 0.6) is 0 Å². The largest absolute Gasteiger partial charge is 0.383 e. The molecule has 1 amide bonds. The Morgan fingerprint density at radius 1 is 1.47 bits per heavy atom. The lowest BCUT2D eigenvalue weighted by Crippen LogP contribution is -2.36. The molecule has 0 saturated heterocycles. The molecule has 0 aromatic carbocycles. The Morgan fingerprint density at radius 3 is 2.74 bits per heavy atom. The van der Waals surface area contributed by atoms with E-state index in [0.717, 1.165) is 22.2 Å². The molecular formula is C14H22ClNO2S. The normalized spacial score (nSPS) is 11.0. The van der Waals surface area contributed by atoms with Gasteiger partial charge in [-0.3, -0.25) is 4.79 Å². The Hall–Kier alpha value is -0.580. The van der Waals surface area contributed by atoms with E-state index in [9.17, 15) is 4.79 Å². The molecule has 1 heterocycles. The minimum Gasteiger partial charge on any atom is -0.383 e. The fraction of sp³-hybridized carbons (Fsp3) is 0.643. The first kappa shape index (κ1) is 16.5. The lowest BCUT2D eigenvalue weighted by Gasteiger charge is -2.24. The summed E-state index contributed by atoms with van der Waals surface area (Å²) in [6, 6.07) is 3.87. The number of amides is 1. The van der Waals surface area contributed by atoms with Gasteiger partial charge < -0.3 is 9.64 Å². The maximum absolute atomic E-state index is 12.2. The molecule has 3 nitrogen and oxygen atoms in total. The van der Waals surface area contributed by atoms with Crippen LogP contribution in [-0.2, 0) is 16.0 Å². The zero-order valence-electron chi connectivity index (χ0n) is 11.8. The molecule has 0 radical (unpaired) electrons. The van der Waals surface area contributed by atoms with Crippen LogP contribution in [0, 0.1) is 5.92 Å². The molecule has 0 fully saturated rings. The second-order valence-corrected chi connectivity index (χ2v) is 6.73. The van der Waals surface area contributed by atoms with Gasteiger partial charge in [-0.05, 0) is 24.5 Å². The minimum atomic E-state index is 0.190. The molecule has 0 bridgehead atoms. The SMILES string of the molecule is COCCN(CC(C)C)C(=O)CCc1ccc(Cl)s1. The molecule has 108 valence electrons. The van der Waals surface area contributed by atoms with Crippen molar-refractivity contribution in [2.45, 2.75) is 26.7 Å². The Kier molecular flexibility index (Phi) is 7.42. The number of methoxy groups -OCH3 is 1. The predicted molar refractivity (Wildman–Crippen MR) is 80.9 cm³/mol. The number of thiophene rings is 1. The Bertz CT molecular complexity index is 393. The summed E-state index contributed by atoms with van der Waals surface area (Å²) >= 11 is 7.43. The Morgan fingerprint density at radius 2 is 2.21 bits per heavy atom. The molecule has 1 aromatic heterocycles. The van der Waals surface area contributed by atoms with Gasteiger partial charge in [0.05, 0.1) is 10.9 Å². The van der Waals surface area contributed by atoms with E-state index < -0.39 is 0 Å². The monoisotopic (exact) mass is 303 g/mol. The van der Waals surface area contributed by atoms with E-state index in [4.69, 9.17) is 16.3 Å². The maximum atomic E-state index is 12.2. The summed E-state index contributed by atoms with van der Waals surface area (Å²) in [5.74, 6) is 0.660. The van der Waals surface area contributed by atoms with Crippen molar-refractivity contribution in [1.82, 2.24) is 4.90 Å². The van der Waals surface area contributed by atoms with Crippen LogP contribution < -0.4 is 0 Å². The maximum Gasteiger partial charge on any atom is 0.223 e. The van der Waals surface area contributed by atoms with Gasteiger partial charge in [0, 0.05) is 31.5 Å². The highest BCUT2D eigenvalue weighted by molar-refractivity contribution is 7.16. The number of carbonyl (C=O) groups excluding carboxylic acids is 1. The van der Waals surface area contributed by atoms with Crippen molar-refractivity contribution in [3.05, 3.63) is 21.3 Å². The summed E-state index contributed by atoms with van der Waals surface area (Å²) in [7, 11) is 1.66. The second kappa shape index (κ2) is 8.56. The fourth-order valence-corrected chi connectivity index (χ4v) is 2.92. The van der Waals surface area contributed by atoms with Gasteiger partial charge in [0.25, 0.3) is 0 Å². The van der Waals surface area contributed by atoms with E-state index in [1.165, 1.54) is 0 Å². The van der Waals surface area contributed by atoms with E-state index in [1.54, 1.807) is 18.4 Å². The number of nitrogens with zero attached hydrogens (tertiary/aromatic N) is 1. The molecule has 0 aliphatic heterocycles. The molecule has 0 aliphatic rings. The van der Waals surface area contributed by atoms with E-state index >= 15 is 0 Å². The third-order valence-electron chi connectivity index (χ3n) is 2.72. The first-order valence-corrected chi connectivity index (χ1v) is 7.73. The van der Waals surface area contributed by atoms with Gasteiger partial charge in [0.15, 0.2) is 0 Å². The molecular weight excluding hydrogens is 282 g/mol. The van der Waals surface area contributed by atoms with Crippen molar-refractivity contribution in [3.63, 3.8) is 0 Å². The van der Waals surface area contributed by atoms with Gasteiger partial charge in [0.1, 0.15) is 0 Å². The van der Waals surface area contributed by atoms with Gasteiger partial charge in [-0.2, -0.15) is 0 Å². The Balaban J connectivity index is 2.46. The number of aryl methyl sites for hydroxylation is 1. The van der Waals surface area contributed by atoms with Crippen molar-refractivity contribution in [3.8, 4) is 0 Å². The molecule has 0 spiro atoms. The van der Waals surface area contributed by atoms with E-state index in [2.05, 4.69) is 13.8 Å². The summed E-state index contributed by atoms with van der Waals surface area (Å²) in [6.07, 6.45) is 1.30. The summed E-state index contributed by atoms with van der Waals surface area (Å²) in [4.78, 5) is 15.3. The highest BCUT2D eigenvalue weighted by Crippen LogP contribution is 2.22. The molecule has 19 heavy (non-hydrogen) atoms. The molecule has 0 aliphatic carbocycles. The molecule has 0 N–H and O–H groups in total. The minimum absolute atomic E-state index is 0.190. The standard InChI is InChI=1S/C14H22ClNO2S/c1-11(2)10-16(8-9-18-3)14(17)7-5-12-4-6-13(15)19-12/h4,6,11H,5,7-10H2,1-3H3. The zero-order valence-corrected chi connectivity index (χ0v) is 13.4. The van der Waals surface area contributed by atoms with Crippen LogP contribution >= 0.6 is 22.9 Å². The van der Waals surface area contributed by atoms with E-state index in [1.807, 2.05) is 17.0 Å². The molecule has 5 heteroatoms. The number of hydrogen-bond acceptors (Lipinski definition) is 3. The highest BCUT2D eigenvalue weighted by atomic mass is 35.5. The second-order valence-electron chi connectivity index (χ2n) is 4.93. The van der Waals surface area contributed by atoms with Gasteiger partial charge in [-0.15, -0.1) is 11.3 Å². The topological polar surface area (TPSA) is 29.5 Å². The number of rotatable bonds is 8. The number of halogens is 1. The fourth-order valence-electron chi connectivity index (χ4n) is 1.83. The van der Waals surface area contributed by atoms with Crippen LogP contribution in [-0.4, -0.2) is 37.6 Å². The number of ether oxygens (including phenoxy) is 1. The van der Waals surface area contributed by atoms with Crippen LogP contribution in [0.2, 0.25) is 4.34 Å². The zero-order chi connectivity index (χ0) is 14.3. The average molecular weight is 304 g/mol. The summed E-state index contributed by atoms with van der Waals surface area (Å²) < 4.78 is 5.84. The van der Waals surface area contributed by atoms with Crippen LogP contribution in [0.25, 0.3) is 0 Å². The lowest BCUT2D eigenvalue weighted by atomic mass is 10.2. The third-order valence-corrected chi connectivity index (χ3v) is 4.01. The molecule has 1 aromatic rings. The van der Waals surface area contributed by atoms with Crippen molar-refractivity contribution < 1.29 is 9.53 Å². The van der Waals surface area contributed by atoms with E-state index in [0.29, 0.717) is 25.5 Å². The first-order valence-electron chi connectivity index (χ1n) is 6.54. The molecule has 1 rings (SSSR count). The highest BCUT2D eigenvalue weighted by Gasteiger charge is 2.14. The molecule has 0 saturated carbocycles. The molecule has 0 atom stereocenters. The van der Waals surface area contributed by atoms with Gasteiger partial charge in [-0.1, -0.05) is 25.4 Å². The number of hydrogen-bond donors (Lipinski definition) is 0. The van der Waals surface area contributed by atoms with Crippen LogP contribution in [0.1, 0.15) is 25.1 Å². The Labute approximate surface area is 124 Å². The van der Waals surface area contributed by atoms with Gasteiger partial charge in [-0.25, -0.2) is 0 Å². The summed E-state index contributed by atoms with van der Waals surface area (Å²) in [6.45, 7) is 6.27. The van der Waals surface area contributed by atoms with Crippen molar-refractivity contribution in [2.24, 2.45) is 5.92 Å². The first-order chi connectivity index (χ1) is 9.02. The van der Waals surface area contributed by atoms with Gasteiger partial charge in [0.2, 0.25) is 5.91 Å². The van der Waals surface area contributed by atoms with Crippen LogP contribution in [0.3, 0.4) is 0 Å². The quantitative estimate of drug-likeness (QED) is 0.736. The van der Waals surface area contributed by atoms with Gasteiger partial charge >= 0.3 is 0 Å².